The molecule has 0 saturated carbocycles. The number of nitro benzene ring substituents is 2. The predicted molar refractivity (Wildman–Crippen MR) is 90.7 cm³/mol. The molecule has 0 bridgehead atoms. The lowest BCUT2D eigenvalue weighted by Crippen LogP contribution is -2.15. The molecule has 26 heavy (non-hydrogen) atoms. The minimum absolute atomic E-state index is 0.0176. The van der Waals surface area contributed by atoms with Gasteiger partial charge in [0, 0.05) is 0 Å². The van der Waals surface area contributed by atoms with E-state index in [1.807, 2.05) is 0 Å². The van der Waals surface area contributed by atoms with Gasteiger partial charge < -0.3 is 10.4 Å². The fourth-order valence-corrected chi connectivity index (χ4v) is 1.81. The summed E-state index contributed by atoms with van der Waals surface area (Å²) in [5.74, 6) is 0. The molecule has 142 valence electrons. The SMILES string of the molecule is CC(C)(C)N=[N+]([O-])c1cc([N+]([O-])=NC(C)(C)C)c([N+](=O)[O-])cc1[N+](=O)[O-]. The van der Waals surface area contributed by atoms with E-state index in [1.165, 1.54) is 0 Å². The zero-order valence-electron chi connectivity index (χ0n) is 15.3. The first-order chi connectivity index (χ1) is 11.6. The van der Waals surface area contributed by atoms with Gasteiger partial charge in [0.2, 0.25) is 0 Å². The molecule has 12 nitrogen and oxygen atoms in total. The van der Waals surface area contributed by atoms with Gasteiger partial charge in [-0.15, -0.1) is 0 Å². The molecule has 12 heteroatoms. The molecular weight excluding hydrogens is 348 g/mol. The van der Waals surface area contributed by atoms with E-state index in [9.17, 15) is 30.6 Å². The molecule has 1 rings (SSSR count). The highest BCUT2D eigenvalue weighted by atomic mass is 16.6. The minimum Gasteiger partial charge on any atom is -0.594 e. The van der Waals surface area contributed by atoms with Crippen LogP contribution < -0.4 is 0 Å². The molecular formula is C14H20N6O6. The molecule has 0 aliphatic rings. The molecule has 0 unspecified atom stereocenters. The van der Waals surface area contributed by atoms with Gasteiger partial charge in [0.05, 0.1) is 9.85 Å². The van der Waals surface area contributed by atoms with Gasteiger partial charge in [-0.3, -0.25) is 20.2 Å². The van der Waals surface area contributed by atoms with Gasteiger partial charge in [0.25, 0.3) is 0 Å². The van der Waals surface area contributed by atoms with Crippen molar-refractivity contribution < 1.29 is 19.6 Å². The van der Waals surface area contributed by atoms with Gasteiger partial charge >= 0.3 is 22.7 Å². The highest BCUT2D eigenvalue weighted by molar-refractivity contribution is 5.67. The predicted octanol–water partition coefficient (Wildman–Crippen LogP) is 4.29. The Morgan fingerprint density at radius 2 is 0.923 bits per heavy atom. The Morgan fingerprint density at radius 3 is 1.15 bits per heavy atom. The molecule has 1 aromatic rings. The fraction of sp³-hybridized carbons (Fsp3) is 0.571. The van der Waals surface area contributed by atoms with Crippen molar-refractivity contribution in [3.05, 3.63) is 42.8 Å². The van der Waals surface area contributed by atoms with Crippen LogP contribution in [0.3, 0.4) is 0 Å². The summed E-state index contributed by atoms with van der Waals surface area (Å²) in [4.78, 5) is 20.5. The largest absolute Gasteiger partial charge is 0.594 e. The van der Waals surface area contributed by atoms with Crippen LogP contribution in [0, 0.1) is 30.6 Å². The van der Waals surface area contributed by atoms with E-state index in [0.29, 0.717) is 6.07 Å². The Balaban J connectivity index is 3.84. The average Bonchev–Trinajstić information content (AvgIpc) is 2.41. The number of hydrogen-bond acceptors (Lipinski definition) is 8. The second-order valence-corrected chi connectivity index (χ2v) is 7.43. The molecule has 0 amide bonds. The van der Waals surface area contributed by atoms with Crippen molar-refractivity contribution in [1.82, 2.24) is 0 Å². The molecule has 0 saturated heterocycles. The molecule has 0 aliphatic carbocycles. The number of nitro groups is 2. The molecule has 0 N–H and O–H groups in total. The zero-order valence-corrected chi connectivity index (χ0v) is 15.3. The van der Waals surface area contributed by atoms with Crippen LogP contribution in [0.25, 0.3) is 0 Å². The van der Waals surface area contributed by atoms with E-state index < -0.39 is 43.7 Å². The number of benzene rings is 1. The van der Waals surface area contributed by atoms with Crippen LogP contribution in [-0.2, 0) is 0 Å². The van der Waals surface area contributed by atoms with E-state index in [0.717, 1.165) is 6.07 Å². The van der Waals surface area contributed by atoms with Crippen LogP contribution in [0.4, 0.5) is 22.7 Å². The zero-order chi connectivity index (χ0) is 20.4. The number of azo groups is 2. The minimum atomic E-state index is -0.953. The number of hydrogen-bond donors (Lipinski definition) is 0. The Bertz CT molecular complexity index is 740. The number of rotatable bonds is 4. The lowest BCUT2D eigenvalue weighted by atomic mass is 10.1. The second kappa shape index (κ2) is 6.98. The van der Waals surface area contributed by atoms with Gasteiger partial charge in [-0.2, -0.15) is 0 Å². The first-order valence-corrected chi connectivity index (χ1v) is 7.49. The summed E-state index contributed by atoms with van der Waals surface area (Å²) in [6, 6.07) is 1.30. The van der Waals surface area contributed by atoms with Gasteiger partial charge in [0.1, 0.15) is 23.2 Å². The third kappa shape index (κ3) is 5.43. The normalized spacial score (nSPS) is 13.6. The van der Waals surface area contributed by atoms with Gasteiger partial charge in [-0.1, -0.05) is 0 Å². The molecule has 0 heterocycles. The molecule has 0 spiro atoms. The van der Waals surface area contributed by atoms with Crippen molar-refractivity contribution in [2.24, 2.45) is 10.2 Å². The first-order valence-electron chi connectivity index (χ1n) is 7.49. The summed E-state index contributed by atoms with van der Waals surface area (Å²) in [6.45, 7) is 9.53. The Kier molecular flexibility index (Phi) is 5.60. The second-order valence-electron chi connectivity index (χ2n) is 7.43. The van der Waals surface area contributed by atoms with Crippen molar-refractivity contribution in [2.75, 3.05) is 0 Å². The van der Waals surface area contributed by atoms with Crippen LogP contribution in [0.5, 0.6) is 0 Å². The van der Waals surface area contributed by atoms with Crippen molar-refractivity contribution in [3.8, 4) is 0 Å². The Labute approximate surface area is 148 Å². The molecule has 0 fully saturated rings. The van der Waals surface area contributed by atoms with E-state index in [-0.39, 0.29) is 9.72 Å². The maximum absolute atomic E-state index is 12.3. The smallest absolute Gasteiger partial charge is 0.351 e. The summed E-state index contributed by atoms with van der Waals surface area (Å²) < 4.78 is 0. The van der Waals surface area contributed by atoms with Crippen LogP contribution in [0.2, 0.25) is 0 Å². The van der Waals surface area contributed by atoms with Crippen LogP contribution >= 0.6 is 0 Å². The summed E-state index contributed by atoms with van der Waals surface area (Å²) >= 11 is 0. The Hall–Kier alpha value is -3.18. The fourth-order valence-electron chi connectivity index (χ4n) is 1.81. The maximum Gasteiger partial charge on any atom is 0.351 e. The van der Waals surface area contributed by atoms with Crippen molar-refractivity contribution >= 4 is 22.7 Å². The third-order valence-corrected chi connectivity index (χ3v) is 2.66. The monoisotopic (exact) mass is 368 g/mol. The van der Waals surface area contributed by atoms with Gasteiger partial charge in [-0.25, -0.2) is 0 Å². The summed E-state index contributed by atoms with van der Waals surface area (Å²) in [5, 5.41) is 54.4. The van der Waals surface area contributed by atoms with Crippen molar-refractivity contribution in [3.63, 3.8) is 0 Å². The molecule has 0 atom stereocenters. The summed E-state index contributed by atoms with van der Waals surface area (Å²) in [5.41, 5.74) is -4.62. The first kappa shape index (κ1) is 20.9. The van der Waals surface area contributed by atoms with Gasteiger partial charge in [-0.05, 0) is 61.5 Å². The summed E-state index contributed by atoms with van der Waals surface area (Å²) in [7, 11) is 0. The van der Waals surface area contributed by atoms with Crippen LogP contribution in [-0.4, -0.2) is 30.6 Å². The van der Waals surface area contributed by atoms with Crippen LogP contribution in [0.15, 0.2) is 22.4 Å². The van der Waals surface area contributed by atoms with Crippen molar-refractivity contribution in [1.29, 1.82) is 0 Å². The Morgan fingerprint density at radius 1 is 0.654 bits per heavy atom. The standard InChI is InChI=1S/C14H20N6O6/c1-13(2,3)15-17(21)9-7-10(18(22)16-14(4,5)6)12(20(25)26)8-11(9)19(23)24/h7-8H,1-6H3. The highest BCUT2D eigenvalue weighted by Crippen LogP contribution is 2.39. The van der Waals surface area contributed by atoms with Crippen LogP contribution in [0.1, 0.15) is 41.5 Å². The maximum atomic E-state index is 12.3. The van der Waals surface area contributed by atoms with E-state index in [2.05, 4.69) is 10.2 Å². The van der Waals surface area contributed by atoms with Gasteiger partial charge in [0.15, 0.2) is 0 Å². The molecule has 1 aromatic carbocycles. The van der Waals surface area contributed by atoms with E-state index in [4.69, 9.17) is 0 Å². The lowest BCUT2D eigenvalue weighted by molar-refractivity contribution is -0.475. The average molecular weight is 368 g/mol. The highest BCUT2D eigenvalue weighted by Gasteiger charge is 2.36. The molecule has 0 aliphatic heterocycles. The molecule has 0 aromatic heterocycles. The molecule has 0 radical (unpaired) electrons. The van der Waals surface area contributed by atoms with E-state index in [1.54, 1.807) is 41.5 Å². The quantitative estimate of drug-likeness (QED) is 0.333. The third-order valence-electron chi connectivity index (χ3n) is 2.66. The topological polar surface area (TPSA) is 163 Å². The summed E-state index contributed by atoms with van der Waals surface area (Å²) in [6.07, 6.45) is 0. The van der Waals surface area contributed by atoms with Crippen molar-refractivity contribution in [2.45, 2.75) is 52.6 Å². The van der Waals surface area contributed by atoms with E-state index >= 15 is 0 Å². The lowest BCUT2D eigenvalue weighted by Gasteiger charge is -2.11. The number of nitrogens with zero attached hydrogens (tertiary/aromatic N) is 6.